The molecule has 3 aromatic rings. The molecule has 6 nitrogen and oxygen atoms in total. The first-order valence-corrected chi connectivity index (χ1v) is 11.5. The molecule has 188 valence electrons. The summed E-state index contributed by atoms with van der Waals surface area (Å²) in [5.41, 5.74) is 1.74. The zero-order valence-electron chi connectivity index (χ0n) is 20.0. The lowest BCUT2D eigenvalue weighted by Crippen LogP contribution is -2.50. The molecule has 2 amide bonds. The first kappa shape index (κ1) is 25.2. The molecule has 36 heavy (non-hydrogen) atoms. The molecule has 0 saturated carbocycles. The van der Waals surface area contributed by atoms with Crippen LogP contribution in [-0.4, -0.2) is 52.8 Å². The number of carbonyl (C=O) groups is 2. The summed E-state index contributed by atoms with van der Waals surface area (Å²) in [5.74, 6) is -0.172. The molecule has 1 saturated heterocycles. The van der Waals surface area contributed by atoms with Crippen LogP contribution >= 0.6 is 0 Å². The lowest BCUT2D eigenvalue weighted by atomic mass is 10.0. The van der Waals surface area contributed by atoms with E-state index in [1.54, 1.807) is 29.4 Å². The van der Waals surface area contributed by atoms with Crippen molar-refractivity contribution in [1.82, 2.24) is 14.8 Å². The van der Waals surface area contributed by atoms with E-state index in [9.17, 15) is 22.8 Å². The maximum Gasteiger partial charge on any atom is 0.417 e. The summed E-state index contributed by atoms with van der Waals surface area (Å²) in [4.78, 5) is 33.0. The number of hydrogen-bond acceptors (Lipinski definition) is 4. The van der Waals surface area contributed by atoms with Crippen LogP contribution in [0.25, 0.3) is 0 Å². The van der Waals surface area contributed by atoms with E-state index < -0.39 is 17.6 Å². The van der Waals surface area contributed by atoms with Gasteiger partial charge >= 0.3 is 6.18 Å². The van der Waals surface area contributed by atoms with Crippen molar-refractivity contribution in [3.8, 4) is 5.75 Å². The molecular weight excluding hydrogens is 471 g/mol. The van der Waals surface area contributed by atoms with Crippen molar-refractivity contribution < 1.29 is 27.5 Å². The van der Waals surface area contributed by atoms with Crippen molar-refractivity contribution >= 4 is 11.8 Å². The van der Waals surface area contributed by atoms with Gasteiger partial charge in [0.1, 0.15) is 12.4 Å². The van der Waals surface area contributed by atoms with E-state index in [4.69, 9.17) is 4.74 Å². The van der Waals surface area contributed by atoms with E-state index in [2.05, 4.69) is 4.98 Å². The molecule has 0 bridgehead atoms. The molecule has 0 aliphatic carbocycles. The Morgan fingerprint density at radius 2 is 1.53 bits per heavy atom. The van der Waals surface area contributed by atoms with Crippen molar-refractivity contribution in [2.24, 2.45) is 0 Å². The number of ether oxygens (including phenoxy) is 1. The SMILES string of the molecule is Cc1cc(C(=O)N2CCN(C(=O)c3ccccc3C(F)(F)F)CC2)cc(C)c1OCc1cccnc1. The number of piperazine rings is 1. The Morgan fingerprint density at radius 3 is 2.11 bits per heavy atom. The second kappa shape index (κ2) is 10.4. The van der Waals surface area contributed by atoms with E-state index in [0.29, 0.717) is 17.9 Å². The molecule has 0 spiro atoms. The van der Waals surface area contributed by atoms with Gasteiger partial charge in [-0.2, -0.15) is 13.2 Å². The Kier molecular flexibility index (Phi) is 7.28. The summed E-state index contributed by atoms with van der Waals surface area (Å²) in [6, 6.07) is 12.1. The number of nitrogens with zero attached hydrogens (tertiary/aromatic N) is 3. The minimum atomic E-state index is -4.62. The molecule has 0 N–H and O–H groups in total. The van der Waals surface area contributed by atoms with Crippen molar-refractivity contribution in [3.63, 3.8) is 0 Å². The Morgan fingerprint density at radius 1 is 0.917 bits per heavy atom. The Bertz CT molecular complexity index is 1230. The minimum Gasteiger partial charge on any atom is -0.488 e. The molecule has 2 aromatic carbocycles. The van der Waals surface area contributed by atoms with Gasteiger partial charge in [0.25, 0.3) is 11.8 Å². The van der Waals surface area contributed by atoms with Crippen LogP contribution in [0.15, 0.2) is 60.9 Å². The van der Waals surface area contributed by atoms with Gasteiger partial charge in [-0.15, -0.1) is 0 Å². The third-order valence-corrected chi connectivity index (χ3v) is 6.13. The fourth-order valence-corrected chi connectivity index (χ4v) is 4.32. The van der Waals surface area contributed by atoms with E-state index >= 15 is 0 Å². The number of pyridine rings is 1. The molecule has 0 radical (unpaired) electrons. The topological polar surface area (TPSA) is 62.7 Å². The summed E-state index contributed by atoms with van der Waals surface area (Å²) >= 11 is 0. The Labute approximate surface area is 207 Å². The monoisotopic (exact) mass is 497 g/mol. The van der Waals surface area contributed by atoms with Gasteiger partial charge in [0.05, 0.1) is 11.1 Å². The Balaban J connectivity index is 1.41. The number of aromatic nitrogens is 1. The smallest absolute Gasteiger partial charge is 0.417 e. The second-order valence-corrected chi connectivity index (χ2v) is 8.72. The highest BCUT2D eigenvalue weighted by Crippen LogP contribution is 2.32. The minimum absolute atomic E-state index is 0.154. The highest BCUT2D eigenvalue weighted by molar-refractivity contribution is 5.97. The van der Waals surface area contributed by atoms with Crippen molar-refractivity contribution in [1.29, 1.82) is 0 Å². The lowest BCUT2D eigenvalue weighted by Gasteiger charge is -2.35. The molecule has 1 fully saturated rings. The summed E-state index contributed by atoms with van der Waals surface area (Å²) in [6.45, 7) is 4.87. The first-order chi connectivity index (χ1) is 17.1. The van der Waals surface area contributed by atoms with Gasteiger partial charge in [-0.25, -0.2) is 0 Å². The molecule has 1 aliphatic heterocycles. The predicted octanol–water partition coefficient (Wildman–Crippen LogP) is 4.89. The average Bonchev–Trinajstić information content (AvgIpc) is 2.87. The zero-order valence-corrected chi connectivity index (χ0v) is 20.0. The van der Waals surface area contributed by atoms with Gasteiger partial charge < -0.3 is 14.5 Å². The highest BCUT2D eigenvalue weighted by Gasteiger charge is 2.36. The number of halogens is 3. The molecule has 1 aliphatic rings. The number of aryl methyl sites for hydroxylation is 2. The fraction of sp³-hybridized carbons (Fsp3) is 0.296. The first-order valence-electron chi connectivity index (χ1n) is 11.5. The van der Waals surface area contributed by atoms with Crippen LogP contribution in [0, 0.1) is 13.8 Å². The van der Waals surface area contributed by atoms with E-state index in [0.717, 1.165) is 22.8 Å². The average molecular weight is 498 g/mol. The second-order valence-electron chi connectivity index (χ2n) is 8.72. The van der Waals surface area contributed by atoms with E-state index in [1.165, 1.54) is 23.1 Å². The molecular formula is C27H26F3N3O3. The molecule has 9 heteroatoms. The number of rotatable bonds is 5. The standard InChI is InChI=1S/C27H26F3N3O3/c1-18-14-21(15-19(2)24(18)36-17-20-6-5-9-31-16-20)25(34)32-10-12-33(13-11-32)26(35)22-7-3-4-8-23(22)27(28,29)30/h3-9,14-16H,10-13,17H2,1-2H3. The molecule has 2 heterocycles. The summed E-state index contributed by atoms with van der Waals surface area (Å²) in [7, 11) is 0. The van der Waals surface area contributed by atoms with Crippen LogP contribution in [0.3, 0.4) is 0 Å². The zero-order chi connectivity index (χ0) is 25.9. The van der Waals surface area contributed by atoms with Crippen LogP contribution in [0.1, 0.15) is 43.0 Å². The quantitative estimate of drug-likeness (QED) is 0.504. The van der Waals surface area contributed by atoms with Crippen molar-refractivity contribution in [2.45, 2.75) is 26.6 Å². The summed E-state index contributed by atoms with van der Waals surface area (Å²) in [6.07, 6.45) is -1.19. The van der Waals surface area contributed by atoms with Crippen LogP contribution in [0.2, 0.25) is 0 Å². The van der Waals surface area contributed by atoms with Gasteiger partial charge in [-0.1, -0.05) is 18.2 Å². The number of carbonyl (C=O) groups excluding carboxylic acids is 2. The van der Waals surface area contributed by atoms with Gasteiger partial charge in [0.2, 0.25) is 0 Å². The van der Waals surface area contributed by atoms with Gasteiger partial charge in [0.15, 0.2) is 0 Å². The van der Waals surface area contributed by atoms with Crippen LogP contribution < -0.4 is 4.74 Å². The summed E-state index contributed by atoms with van der Waals surface area (Å²) < 4.78 is 45.9. The van der Waals surface area contributed by atoms with Crippen LogP contribution in [0.4, 0.5) is 13.2 Å². The van der Waals surface area contributed by atoms with Gasteiger partial charge in [0, 0.05) is 49.7 Å². The molecule has 4 rings (SSSR count). The molecule has 0 atom stereocenters. The van der Waals surface area contributed by atoms with Crippen LogP contribution in [-0.2, 0) is 12.8 Å². The molecule has 1 aromatic heterocycles. The number of hydrogen-bond donors (Lipinski definition) is 0. The maximum atomic E-state index is 13.3. The normalized spacial score (nSPS) is 14.0. The third-order valence-electron chi connectivity index (χ3n) is 6.13. The van der Waals surface area contributed by atoms with Gasteiger partial charge in [-0.3, -0.25) is 14.6 Å². The van der Waals surface area contributed by atoms with Crippen LogP contribution in [0.5, 0.6) is 5.75 Å². The third kappa shape index (κ3) is 5.50. The maximum absolute atomic E-state index is 13.3. The lowest BCUT2D eigenvalue weighted by molar-refractivity contribution is -0.138. The van der Waals surface area contributed by atoms with Crippen molar-refractivity contribution in [3.05, 3.63) is 94.3 Å². The van der Waals surface area contributed by atoms with E-state index in [1.807, 2.05) is 26.0 Å². The molecule has 0 unspecified atom stereocenters. The number of amides is 2. The van der Waals surface area contributed by atoms with Gasteiger partial charge in [-0.05, 0) is 55.3 Å². The number of alkyl halides is 3. The number of benzene rings is 2. The Hall–Kier alpha value is -3.88. The fourth-order valence-electron chi connectivity index (χ4n) is 4.32. The van der Waals surface area contributed by atoms with E-state index in [-0.39, 0.29) is 37.6 Å². The largest absolute Gasteiger partial charge is 0.488 e. The van der Waals surface area contributed by atoms with Crippen molar-refractivity contribution in [2.75, 3.05) is 26.2 Å². The highest BCUT2D eigenvalue weighted by atomic mass is 19.4. The summed E-state index contributed by atoms with van der Waals surface area (Å²) in [5, 5.41) is 0. The predicted molar refractivity (Wildman–Crippen MR) is 128 cm³/mol.